The van der Waals surface area contributed by atoms with Gasteiger partial charge in [-0.05, 0) is 37.5 Å². The van der Waals surface area contributed by atoms with Gasteiger partial charge in [0.25, 0.3) is 0 Å². The lowest BCUT2D eigenvalue weighted by molar-refractivity contribution is -0.144. The van der Waals surface area contributed by atoms with E-state index < -0.39 is 11.4 Å². The fourth-order valence-corrected chi connectivity index (χ4v) is 1.87. The molecule has 0 fully saturated rings. The molecule has 0 amide bonds. The average Bonchev–Trinajstić information content (AvgIpc) is 2.63. The summed E-state index contributed by atoms with van der Waals surface area (Å²) in [5.74, 6) is -1.17. The molecule has 2 rings (SSSR count). The van der Waals surface area contributed by atoms with Crippen molar-refractivity contribution in [2.45, 2.75) is 20.3 Å². The highest BCUT2D eigenvalue weighted by molar-refractivity contribution is 5.82. The Bertz CT molecular complexity index is 487. The van der Waals surface area contributed by atoms with Crippen LogP contribution in [0, 0.1) is 11.2 Å². The first kappa shape index (κ1) is 10.9. The number of carboxylic acids is 1. The maximum atomic E-state index is 13.5. The van der Waals surface area contributed by atoms with Crippen LogP contribution in [0.4, 0.5) is 4.39 Å². The van der Waals surface area contributed by atoms with Gasteiger partial charge in [-0.1, -0.05) is 18.2 Å². The molecule has 0 aromatic heterocycles. The summed E-state index contributed by atoms with van der Waals surface area (Å²) in [6.07, 6.45) is 2.19. The Kier molecular flexibility index (Phi) is 2.34. The number of benzene rings is 1. The van der Waals surface area contributed by atoms with Crippen LogP contribution in [0.15, 0.2) is 23.8 Å². The molecule has 0 atom stereocenters. The van der Waals surface area contributed by atoms with Crippen molar-refractivity contribution in [3.8, 4) is 0 Å². The van der Waals surface area contributed by atoms with Crippen molar-refractivity contribution in [3.63, 3.8) is 0 Å². The summed E-state index contributed by atoms with van der Waals surface area (Å²) in [5, 5.41) is 9.12. The number of rotatable bonds is 2. The molecular formula is C13H13FO2. The minimum absolute atomic E-state index is 0.284. The summed E-state index contributed by atoms with van der Waals surface area (Å²) in [6.45, 7) is 3.29. The lowest BCUT2D eigenvalue weighted by atomic mass is 9.83. The number of aliphatic carboxylic acids is 1. The molecule has 16 heavy (non-hydrogen) atoms. The van der Waals surface area contributed by atoms with Crippen molar-refractivity contribution in [2.75, 3.05) is 0 Å². The van der Waals surface area contributed by atoms with Gasteiger partial charge < -0.3 is 5.11 Å². The Morgan fingerprint density at radius 2 is 2.12 bits per heavy atom. The van der Waals surface area contributed by atoms with Gasteiger partial charge in [0.05, 0.1) is 5.41 Å². The van der Waals surface area contributed by atoms with Crippen LogP contribution < -0.4 is 0 Å². The Morgan fingerprint density at radius 1 is 1.44 bits per heavy atom. The molecule has 1 aliphatic rings. The standard InChI is InChI=1S/C13H13FO2/c1-13(2,12(15)16)9-6-8-4-3-5-11(14)10(8)7-9/h3-5,7H,6H2,1-2H3,(H,15,16). The van der Waals surface area contributed by atoms with E-state index in [9.17, 15) is 9.18 Å². The van der Waals surface area contributed by atoms with Gasteiger partial charge in [0.2, 0.25) is 0 Å². The van der Waals surface area contributed by atoms with E-state index in [1.54, 1.807) is 26.0 Å². The molecule has 0 aliphatic heterocycles. The van der Waals surface area contributed by atoms with Crippen molar-refractivity contribution >= 4 is 12.0 Å². The zero-order valence-electron chi connectivity index (χ0n) is 9.25. The predicted molar refractivity (Wildman–Crippen MR) is 59.5 cm³/mol. The molecule has 3 heteroatoms. The van der Waals surface area contributed by atoms with E-state index in [1.165, 1.54) is 6.07 Å². The topological polar surface area (TPSA) is 37.3 Å². The predicted octanol–water partition coefficient (Wildman–Crippen LogP) is 2.88. The lowest BCUT2D eigenvalue weighted by Crippen LogP contribution is -2.26. The van der Waals surface area contributed by atoms with Crippen molar-refractivity contribution < 1.29 is 14.3 Å². The second-order valence-corrected chi connectivity index (χ2v) is 4.59. The SMILES string of the molecule is CC(C)(C(=O)O)C1=Cc2c(F)cccc2C1. The van der Waals surface area contributed by atoms with Gasteiger partial charge in [-0.2, -0.15) is 0 Å². The molecule has 0 spiro atoms. The zero-order valence-corrected chi connectivity index (χ0v) is 9.25. The van der Waals surface area contributed by atoms with E-state index in [0.717, 1.165) is 11.1 Å². The molecule has 0 saturated heterocycles. The van der Waals surface area contributed by atoms with E-state index in [0.29, 0.717) is 12.0 Å². The van der Waals surface area contributed by atoms with Crippen molar-refractivity contribution in [3.05, 3.63) is 40.7 Å². The molecule has 1 aliphatic carbocycles. The number of carbonyl (C=O) groups is 1. The minimum atomic E-state index is -0.939. The van der Waals surface area contributed by atoms with E-state index in [1.807, 2.05) is 6.07 Å². The second kappa shape index (κ2) is 3.44. The molecule has 0 radical (unpaired) electrons. The monoisotopic (exact) mass is 220 g/mol. The molecule has 1 aromatic rings. The van der Waals surface area contributed by atoms with Crippen LogP contribution in [0.5, 0.6) is 0 Å². The van der Waals surface area contributed by atoms with Gasteiger partial charge in [-0.15, -0.1) is 0 Å². The van der Waals surface area contributed by atoms with Crippen LogP contribution in [0.2, 0.25) is 0 Å². The molecule has 84 valence electrons. The number of hydrogen-bond acceptors (Lipinski definition) is 1. The van der Waals surface area contributed by atoms with Crippen LogP contribution in [0.1, 0.15) is 25.0 Å². The summed E-state index contributed by atoms with van der Waals surface area (Å²) < 4.78 is 13.5. The summed E-state index contributed by atoms with van der Waals surface area (Å²) in [5.41, 5.74) is 1.21. The van der Waals surface area contributed by atoms with Crippen LogP contribution in [0.3, 0.4) is 0 Å². The van der Waals surface area contributed by atoms with Crippen LogP contribution >= 0.6 is 0 Å². The maximum Gasteiger partial charge on any atom is 0.313 e. The normalized spacial score (nSPS) is 14.6. The molecule has 2 nitrogen and oxygen atoms in total. The molecule has 0 saturated carbocycles. The number of halogens is 1. The number of fused-ring (bicyclic) bond motifs is 1. The molecule has 0 unspecified atom stereocenters. The summed E-state index contributed by atoms with van der Waals surface area (Å²) in [7, 11) is 0. The Balaban J connectivity index is 2.43. The molecule has 1 aromatic carbocycles. The first-order valence-electron chi connectivity index (χ1n) is 5.15. The quantitative estimate of drug-likeness (QED) is 0.832. The molecule has 1 N–H and O–H groups in total. The van der Waals surface area contributed by atoms with Gasteiger partial charge in [0, 0.05) is 5.56 Å². The largest absolute Gasteiger partial charge is 0.481 e. The van der Waals surface area contributed by atoms with Crippen molar-refractivity contribution in [1.29, 1.82) is 0 Å². The van der Waals surface area contributed by atoms with E-state index in [-0.39, 0.29) is 5.82 Å². The Labute approximate surface area is 93.4 Å². The van der Waals surface area contributed by atoms with Crippen molar-refractivity contribution in [1.82, 2.24) is 0 Å². The maximum absolute atomic E-state index is 13.5. The third kappa shape index (κ3) is 1.52. The number of carboxylic acid groups (broad SMARTS) is 1. The first-order chi connectivity index (χ1) is 7.43. The molecule has 0 bridgehead atoms. The van der Waals surface area contributed by atoms with Crippen LogP contribution in [-0.2, 0) is 11.2 Å². The third-order valence-electron chi connectivity index (χ3n) is 3.18. The van der Waals surface area contributed by atoms with E-state index in [2.05, 4.69) is 0 Å². The minimum Gasteiger partial charge on any atom is -0.481 e. The van der Waals surface area contributed by atoms with Gasteiger partial charge >= 0.3 is 5.97 Å². The smallest absolute Gasteiger partial charge is 0.313 e. The van der Waals surface area contributed by atoms with Crippen LogP contribution in [0.25, 0.3) is 6.08 Å². The lowest BCUT2D eigenvalue weighted by Gasteiger charge is -2.20. The fraction of sp³-hybridized carbons (Fsp3) is 0.308. The summed E-state index contributed by atoms with van der Waals surface area (Å²) >= 11 is 0. The molecular weight excluding hydrogens is 207 g/mol. The highest BCUT2D eigenvalue weighted by Crippen LogP contribution is 2.37. The zero-order chi connectivity index (χ0) is 11.9. The van der Waals surface area contributed by atoms with Gasteiger partial charge in [0.15, 0.2) is 0 Å². The van der Waals surface area contributed by atoms with Gasteiger partial charge in [-0.3, -0.25) is 4.79 Å². The highest BCUT2D eigenvalue weighted by atomic mass is 19.1. The van der Waals surface area contributed by atoms with Crippen molar-refractivity contribution in [2.24, 2.45) is 5.41 Å². The number of hydrogen-bond donors (Lipinski definition) is 1. The van der Waals surface area contributed by atoms with Crippen LogP contribution in [-0.4, -0.2) is 11.1 Å². The first-order valence-corrected chi connectivity index (χ1v) is 5.15. The highest BCUT2D eigenvalue weighted by Gasteiger charge is 2.34. The average molecular weight is 220 g/mol. The Morgan fingerprint density at radius 3 is 2.69 bits per heavy atom. The van der Waals surface area contributed by atoms with Gasteiger partial charge in [0.1, 0.15) is 5.82 Å². The fourth-order valence-electron chi connectivity index (χ4n) is 1.87. The van der Waals surface area contributed by atoms with Gasteiger partial charge in [-0.25, -0.2) is 4.39 Å². The van der Waals surface area contributed by atoms with E-state index in [4.69, 9.17) is 5.11 Å². The Hall–Kier alpha value is -1.64. The molecule has 0 heterocycles. The third-order valence-corrected chi connectivity index (χ3v) is 3.18. The second-order valence-electron chi connectivity index (χ2n) is 4.59. The summed E-state index contributed by atoms with van der Waals surface area (Å²) in [4.78, 5) is 11.1. The van der Waals surface area contributed by atoms with E-state index >= 15 is 0 Å². The summed E-state index contributed by atoms with van der Waals surface area (Å²) in [6, 6.07) is 4.88.